The van der Waals surface area contributed by atoms with E-state index in [1.807, 2.05) is 0 Å². The molecule has 0 atom stereocenters. The van der Waals surface area contributed by atoms with Gasteiger partial charge in [0.15, 0.2) is 5.82 Å². The summed E-state index contributed by atoms with van der Waals surface area (Å²) in [5.41, 5.74) is 0.872. The number of rotatable bonds is 5. The number of nitrogens with zero attached hydrogens (tertiary/aromatic N) is 3. The Kier molecular flexibility index (Phi) is 4.97. The van der Waals surface area contributed by atoms with E-state index in [-0.39, 0.29) is 23.4 Å². The van der Waals surface area contributed by atoms with E-state index >= 15 is 0 Å². The average Bonchev–Trinajstić information content (AvgIpc) is 2.58. The first-order valence-corrected chi connectivity index (χ1v) is 7.57. The summed E-state index contributed by atoms with van der Waals surface area (Å²) in [6, 6.07) is 10.4. The van der Waals surface area contributed by atoms with Gasteiger partial charge in [-0.2, -0.15) is 10.1 Å². The van der Waals surface area contributed by atoms with Crippen LogP contribution in [-0.2, 0) is 4.79 Å². The topological polar surface area (TPSA) is 91.8 Å². The molecule has 1 amide bonds. The molecule has 0 bridgehead atoms. The predicted octanol–water partition coefficient (Wildman–Crippen LogP) is 3.60. The van der Waals surface area contributed by atoms with Gasteiger partial charge in [-0.15, -0.1) is 5.10 Å². The number of hydrogen-bond acceptors (Lipinski definition) is 6. The third-order valence-electron chi connectivity index (χ3n) is 3.21. The van der Waals surface area contributed by atoms with Gasteiger partial charge in [0.25, 0.3) is 0 Å². The number of anilines is 5. The molecule has 0 radical (unpaired) electrons. The standard InChI is InChI=1S/C17H14F2N6O/c1-10(26)21-11-4-2-5-12(8-11)22-17-24-15(9-20-25-17)23-16-13(18)6-3-7-14(16)19/h2-9H,1H3,(H,21,26)(H2,22,23,24,25). The number of benzene rings is 2. The van der Waals surface area contributed by atoms with Crippen LogP contribution in [0.2, 0.25) is 0 Å². The molecule has 0 unspecified atom stereocenters. The number of carbonyl (C=O) groups excluding carboxylic acids is 1. The number of nitrogens with one attached hydrogen (secondary N) is 3. The van der Waals surface area contributed by atoms with Gasteiger partial charge in [0.05, 0.1) is 6.20 Å². The monoisotopic (exact) mass is 356 g/mol. The Hall–Kier alpha value is -3.62. The van der Waals surface area contributed by atoms with Crippen LogP contribution in [0.1, 0.15) is 6.92 Å². The molecule has 7 nitrogen and oxygen atoms in total. The van der Waals surface area contributed by atoms with Crippen molar-refractivity contribution in [1.82, 2.24) is 15.2 Å². The van der Waals surface area contributed by atoms with Crippen molar-refractivity contribution in [2.75, 3.05) is 16.0 Å². The van der Waals surface area contributed by atoms with Crippen molar-refractivity contribution >= 4 is 34.7 Å². The highest BCUT2D eigenvalue weighted by molar-refractivity contribution is 5.89. The fraction of sp³-hybridized carbons (Fsp3) is 0.0588. The van der Waals surface area contributed by atoms with Crippen molar-refractivity contribution in [2.24, 2.45) is 0 Å². The summed E-state index contributed by atoms with van der Waals surface area (Å²) >= 11 is 0. The molecule has 3 N–H and O–H groups in total. The fourth-order valence-electron chi connectivity index (χ4n) is 2.17. The maximum atomic E-state index is 13.7. The molecule has 0 spiro atoms. The predicted molar refractivity (Wildman–Crippen MR) is 93.5 cm³/mol. The Morgan fingerprint density at radius 3 is 2.42 bits per heavy atom. The highest BCUT2D eigenvalue weighted by Gasteiger charge is 2.10. The van der Waals surface area contributed by atoms with Crippen LogP contribution < -0.4 is 16.0 Å². The SMILES string of the molecule is CC(=O)Nc1cccc(Nc2nncc(Nc3c(F)cccc3F)n2)c1. The molecule has 0 fully saturated rings. The summed E-state index contributed by atoms with van der Waals surface area (Å²) in [6.45, 7) is 1.41. The molecule has 3 aromatic rings. The molecule has 0 aliphatic heterocycles. The van der Waals surface area contributed by atoms with Crippen molar-refractivity contribution in [1.29, 1.82) is 0 Å². The quantitative estimate of drug-likeness (QED) is 0.647. The molecule has 26 heavy (non-hydrogen) atoms. The van der Waals surface area contributed by atoms with E-state index in [2.05, 4.69) is 31.1 Å². The number of aromatic nitrogens is 3. The van der Waals surface area contributed by atoms with Gasteiger partial charge in [-0.05, 0) is 30.3 Å². The maximum absolute atomic E-state index is 13.7. The van der Waals surface area contributed by atoms with Crippen molar-refractivity contribution in [3.63, 3.8) is 0 Å². The van der Waals surface area contributed by atoms with Gasteiger partial charge in [-0.25, -0.2) is 8.78 Å². The number of carbonyl (C=O) groups is 1. The third-order valence-corrected chi connectivity index (χ3v) is 3.21. The summed E-state index contributed by atoms with van der Waals surface area (Å²) in [7, 11) is 0. The van der Waals surface area contributed by atoms with Crippen LogP contribution in [0.5, 0.6) is 0 Å². The summed E-state index contributed by atoms with van der Waals surface area (Å²) < 4.78 is 27.4. The molecule has 9 heteroatoms. The third kappa shape index (κ3) is 4.26. The van der Waals surface area contributed by atoms with Crippen molar-refractivity contribution in [3.8, 4) is 0 Å². The lowest BCUT2D eigenvalue weighted by Crippen LogP contribution is -2.06. The largest absolute Gasteiger partial charge is 0.334 e. The molecule has 1 aromatic heterocycles. The highest BCUT2D eigenvalue weighted by Crippen LogP contribution is 2.23. The van der Waals surface area contributed by atoms with Crippen molar-refractivity contribution in [2.45, 2.75) is 6.92 Å². The minimum Gasteiger partial charge on any atom is -0.334 e. The number of hydrogen-bond donors (Lipinski definition) is 3. The van der Waals surface area contributed by atoms with Gasteiger partial charge in [-0.3, -0.25) is 4.79 Å². The van der Waals surface area contributed by atoms with Crippen LogP contribution in [-0.4, -0.2) is 21.1 Å². The first-order chi connectivity index (χ1) is 12.5. The van der Waals surface area contributed by atoms with E-state index in [1.165, 1.54) is 19.2 Å². The second-order valence-corrected chi connectivity index (χ2v) is 5.27. The Bertz CT molecular complexity index is 930. The van der Waals surface area contributed by atoms with E-state index < -0.39 is 11.6 Å². The lowest BCUT2D eigenvalue weighted by atomic mass is 10.3. The zero-order valence-electron chi connectivity index (χ0n) is 13.6. The second kappa shape index (κ2) is 7.51. The van der Waals surface area contributed by atoms with Gasteiger partial charge in [0.1, 0.15) is 17.3 Å². The molecule has 1 heterocycles. The molecular weight excluding hydrogens is 342 g/mol. The zero-order chi connectivity index (χ0) is 18.5. The summed E-state index contributed by atoms with van der Waals surface area (Å²) in [6.07, 6.45) is 1.24. The molecule has 2 aromatic carbocycles. The molecule has 0 aliphatic carbocycles. The summed E-state index contributed by atoms with van der Waals surface area (Å²) in [4.78, 5) is 15.2. The number of amides is 1. The van der Waals surface area contributed by atoms with Gasteiger partial charge in [0.2, 0.25) is 11.9 Å². The minimum atomic E-state index is -0.749. The van der Waals surface area contributed by atoms with Crippen LogP contribution in [0, 0.1) is 11.6 Å². The molecule has 132 valence electrons. The van der Waals surface area contributed by atoms with Crippen molar-refractivity contribution < 1.29 is 13.6 Å². The zero-order valence-corrected chi connectivity index (χ0v) is 13.6. The number of para-hydroxylation sites is 1. The normalized spacial score (nSPS) is 10.3. The van der Waals surface area contributed by atoms with E-state index in [0.717, 1.165) is 12.1 Å². The van der Waals surface area contributed by atoms with E-state index in [4.69, 9.17) is 0 Å². The highest BCUT2D eigenvalue weighted by atomic mass is 19.1. The van der Waals surface area contributed by atoms with Gasteiger partial charge < -0.3 is 16.0 Å². The van der Waals surface area contributed by atoms with Crippen molar-refractivity contribution in [3.05, 3.63) is 60.3 Å². The smallest absolute Gasteiger partial charge is 0.249 e. The van der Waals surface area contributed by atoms with E-state index in [9.17, 15) is 13.6 Å². The fourth-order valence-corrected chi connectivity index (χ4v) is 2.17. The molecule has 0 saturated heterocycles. The first kappa shape index (κ1) is 17.2. The summed E-state index contributed by atoms with van der Waals surface area (Å²) in [5, 5.41) is 15.7. The average molecular weight is 356 g/mol. The Morgan fingerprint density at radius 2 is 1.69 bits per heavy atom. The maximum Gasteiger partial charge on any atom is 0.249 e. The van der Waals surface area contributed by atoms with Crippen LogP contribution in [0.25, 0.3) is 0 Å². The second-order valence-electron chi connectivity index (χ2n) is 5.27. The van der Waals surface area contributed by atoms with Crippen LogP contribution in [0.3, 0.4) is 0 Å². The molecule has 0 saturated carbocycles. The van der Waals surface area contributed by atoms with Gasteiger partial charge in [-0.1, -0.05) is 12.1 Å². The number of halogens is 2. The van der Waals surface area contributed by atoms with Crippen LogP contribution >= 0.6 is 0 Å². The van der Waals surface area contributed by atoms with Gasteiger partial charge in [0, 0.05) is 18.3 Å². The lowest BCUT2D eigenvalue weighted by Gasteiger charge is -2.10. The van der Waals surface area contributed by atoms with E-state index in [0.29, 0.717) is 11.4 Å². The van der Waals surface area contributed by atoms with E-state index in [1.54, 1.807) is 24.3 Å². The minimum absolute atomic E-state index is 0.115. The first-order valence-electron chi connectivity index (χ1n) is 7.57. The Morgan fingerprint density at radius 1 is 1.00 bits per heavy atom. The van der Waals surface area contributed by atoms with Crippen LogP contribution in [0.4, 0.5) is 37.6 Å². The molecule has 3 rings (SSSR count). The Labute approximate surface area is 147 Å². The molecule has 0 aliphatic rings. The summed E-state index contributed by atoms with van der Waals surface area (Å²) in [5.74, 6) is -1.46. The van der Waals surface area contributed by atoms with Gasteiger partial charge >= 0.3 is 0 Å². The molecular formula is C17H14F2N6O. The van der Waals surface area contributed by atoms with Crippen LogP contribution in [0.15, 0.2) is 48.7 Å². The lowest BCUT2D eigenvalue weighted by molar-refractivity contribution is -0.114. The Balaban J connectivity index is 1.79.